The van der Waals surface area contributed by atoms with Gasteiger partial charge in [-0.05, 0) is 25.1 Å². The lowest BCUT2D eigenvalue weighted by molar-refractivity contribution is 0.0403. The van der Waals surface area contributed by atoms with Gasteiger partial charge in [0.05, 0.1) is 10.5 Å². The Morgan fingerprint density at radius 1 is 1.30 bits per heavy atom. The fraction of sp³-hybridized carbons (Fsp3) is 0.389. The first kappa shape index (κ1) is 19.6. The molecule has 2 heterocycles. The molecule has 0 spiro atoms. The summed E-state index contributed by atoms with van der Waals surface area (Å²) in [6, 6.07) is 6.43. The zero-order chi connectivity index (χ0) is 19.6. The molecular formula is C18H18Cl2FN3O3. The van der Waals surface area contributed by atoms with Crippen LogP contribution in [0.2, 0.25) is 10.2 Å². The first-order valence-corrected chi connectivity index (χ1v) is 9.20. The molecular weight excluding hydrogens is 396 g/mol. The van der Waals surface area contributed by atoms with Gasteiger partial charge < -0.3 is 14.5 Å². The lowest BCUT2D eigenvalue weighted by atomic mass is 10.1. The van der Waals surface area contributed by atoms with Crippen LogP contribution in [0.3, 0.4) is 0 Å². The van der Waals surface area contributed by atoms with Gasteiger partial charge >= 0.3 is 6.09 Å². The van der Waals surface area contributed by atoms with Crippen molar-refractivity contribution in [3.05, 3.63) is 40.0 Å². The maximum Gasteiger partial charge on any atom is 0.409 e. The van der Waals surface area contributed by atoms with E-state index in [1.54, 1.807) is 29.2 Å². The van der Waals surface area contributed by atoms with Crippen molar-refractivity contribution in [2.45, 2.75) is 13.0 Å². The van der Waals surface area contributed by atoms with Crippen LogP contribution in [0.1, 0.15) is 17.3 Å². The van der Waals surface area contributed by atoms with Crippen molar-refractivity contribution in [1.82, 2.24) is 14.8 Å². The molecule has 1 aromatic carbocycles. The molecule has 0 bridgehead atoms. The fourth-order valence-corrected chi connectivity index (χ4v) is 3.62. The number of rotatable bonds is 3. The summed E-state index contributed by atoms with van der Waals surface area (Å²) in [4.78, 5) is 32.2. The monoisotopic (exact) mass is 413 g/mol. The molecule has 27 heavy (non-hydrogen) atoms. The van der Waals surface area contributed by atoms with Crippen LogP contribution < -0.4 is 0 Å². The molecule has 1 aliphatic heterocycles. The third kappa shape index (κ3) is 4.25. The van der Waals surface area contributed by atoms with Gasteiger partial charge in [0, 0.05) is 36.6 Å². The predicted molar refractivity (Wildman–Crippen MR) is 101 cm³/mol. The average Bonchev–Trinajstić information content (AvgIpc) is 2.64. The first-order chi connectivity index (χ1) is 12.9. The van der Waals surface area contributed by atoms with Crippen LogP contribution in [0, 0.1) is 0 Å². The van der Waals surface area contributed by atoms with Crippen LogP contribution in [0.15, 0.2) is 24.3 Å². The Morgan fingerprint density at radius 3 is 2.78 bits per heavy atom. The van der Waals surface area contributed by atoms with Crippen LogP contribution >= 0.6 is 23.2 Å². The Labute approximate surface area is 165 Å². The van der Waals surface area contributed by atoms with Gasteiger partial charge in [-0.15, -0.1) is 0 Å². The van der Waals surface area contributed by atoms with E-state index >= 15 is 0 Å². The smallest absolute Gasteiger partial charge is 0.409 e. The summed E-state index contributed by atoms with van der Waals surface area (Å²) in [5.74, 6) is -0.168. The Morgan fingerprint density at radius 2 is 2.07 bits per heavy atom. The number of alkyl halides is 1. The number of benzene rings is 1. The number of hydrogen-bond donors (Lipinski definition) is 0. The van der Waals surface area contributed by atoms with E-state index in [4.69, 9.17) is 27.9 Å². The summed E-state index contributed by atoms with van der Waals surface area (Å²) in [6.45, 7) is 1.86. The Bertz CT molecular complexity index is 880. The molecule has 1 saturated heterocycles. The highest BCUT2D eigenvalue weighted by Crippen LogP contribution is 2.26. The number of aromatic nitrogens is 1. The van der Waals surface area contributed by atoms with Crippen LogP contribution in [0.25, 0.3) is 10.9 Å². The Hall–Kier alpha value is -2.12. The number of halogens is 3. The number of hydrogen-bond acceptors (Lipinski definition) is 4. The minimum atomic E-state index is -0.718. The number of fused-ring (bicyclic) bond motifs is 1. The zero-order valence-corrected chi connectivity index (χ0v) is 16.1. The minimum absolute atomic E-state index is 0.168. The summed E-state index contributed by atoms with van der Waals surface area (Å²) in [5, 5.41) is 1.44. The minimum Gasteiger partial charge on any atom is -0.447 e. The number of pyridine rings is 1. The second kappa shape index (κ2) is 8.27. The van der Waals surface area contributed by atoms with Gasteiger partial charge in [0.25, 0.3) is 5.91 Å². The van der Waals surface area contributed by atoms with Crippen LogP contribution in [0.5, 0.6) is 0 Å². The molecule has 9 heteroatoms. The third-order valence-corrected chi connectivity index (χ3v) is 4.93. The molecule has 0 aliphatic carbocycles. The number of carbonyl (C=O) groups excluding carboxylic acids is 2. The van der Waals surface area contributed by atoms with Crippen molar-refractivity contribution in [2.75, 3.05) is 32.9 Å². The van der Waals surface area contributed by atoms with E-state index in [0.29, 0.717) is 41.1 Å². The summed E-state index contributed by atoms with van der Waals surface area (Å²) in [6.07, 6.45) is -0.564. The molecule has 3 rings (SSSR count). The molecule has 144 valence electrons. The summed E-state index contributed by atoms with van der Waals surface area (Å²) in [5.41, 5.74) is 1.01. The van der Waals surface area contributed by atoms with E-state index in [1.807, 2.05) is 6.92 Å². The van der Waals surface area contributed by atoms with E-state index in [0.717, 1.165) is 0 Å². The maximum absolute atomic E-state index is 12.9. The quantitative estimate of drug-likeness (QED) is 0.717. The molecule has 2 aromatic rings. The molecule has 0 N–H and O–H groups in total. The van der Waals surface area contributed by atoms with Gasteiger partial charge in [0.1, 0.15) is 18.4 Å². The van der Waals surface area contributed by atoms with Crippen molar-refractivity contribution < 1.29 is 18.7 Å². The summed E-state index contributed by atoms with van der Waals surface area (Å²) < 4.78 is 16.9. The third-order valence-electron chi connectivity index (χ3n) is 4.42. The normalized spacial score (nSPS) is 17.3. The van der Waals surface area contributed by atoms with Crippen molar-refractivity contribution in [1.29, 1.82) is 0 Å². The van der Waals surface area contributed by atoms with E-state index in [2.05, 4.69) is 4.98 Å². The number of piperazine rings is 1. The highest BCUT2D eigenvalue weighted by molar-refractivity contribution is 6.37. The van der Waals surface area contributed by atoms with Crippen molar-refractivity contribution in [3.8, 4) is 0 Å². The number of nitrogens with zero attached hydrogens (tertiary/aromatic N) is 3. The summed E-state index contributed by atoms with van der Waals surface area (Å²) >= 11 is 12.1. The fourth-order valence-electron chi connectivity index (χ4n) is 3.10. The van der Waals surface area contributed by atoms with Crippen molar-refractivity contribution in [2.24, 2.45) is 0 Å². The number of amides is 2. The molecule has 6 nitrogen and oxygen atoms in total. The maximum atomic E-state index is 12.9. The second-order valence-corrected chi connectivity index (χ2v) is 7.05. The second-order valence-electron chi connectivity index (χ2n) is 6.26. The van der Waals surface area contributed by atoms with Gasteiger partial charge in [0.15, 0.2) is 0 Å². The van der Waals surface area contributed by atoms with Gasteiger partial charge in [-0.2, -0.15) is 0 Å². The average molecular weight is 414 g/mol. The lowest BCUT2D eigenvalue weighted by Crippen LogP contribution is -2.55. The predicted octanol–water partition coefficient (Wildman–Crippen LogP) is 3.79. The topological polar surface area (TPSA) is 62.7 Å². The van der Waals surface area contributed by atoms with Gasteiger partial charge in [0.2, 0.25) is 0 Å². The molecule has 1 aliphatic rings. The standard InChI is InChI=1S/C18H18Cl2FN3O3/c1-11-10-23(18(26)27-7-4-21)5-6-24(11)17(25)12-2-3-13-14(19)9-16(20)22-15(13)8-12/h2-3,8-9,11H,4-7,10H2,1H3/t11-/m0/s1. The molecule has 1 fully saturated rings. The molecule has 0 unspecified atom stereocenters. The highest BCUT2D eigenvalue weighted by atomic mass is 35.5. The van der Waals surface area contributed by atoms with E-state index < -0.39 is 12.8 Å². The Balaban J connectivity index is 1.75. The lowest BCUT2D eigenvalue weighted by Gasteiger charge is -2.39. The van der Waals surface area contributed by atoms with Crippen molar-refractivity contribution >= 4 is 46.1 Å². The first-order valence-electron chi connectivity index (χ1n) is 8.45. The van der Waals surface area contributed by atoms with E-state index in [9.17, 15) is 14.0 Å². The van der Waals surface area contributed by atoms with Crippen LogP contribution in [-0.4, -0.2) is 65.7 Å². The number of ether oxygens (including phenoxy) is 1. The zero-order valence-electron chi connectivity index (χ0n) is 14.6. The van der Waals surface area contributed by atoms with Crippen LogP contribution in [-0.2, 0) is 4.74 Å². The Kier molecular flexibility index (Phi) is 6.01. The SMILES string of the molecule is C[C@H]1CN(C(=O)OCCF)CCN1C(=O)c1ccc2c(Cl)cc(Cl)nc2c1. The highest BCUT2D eigenvalue weighted by Gasteiger charge is 2.31. The molecule has 2 amide bonds. The van der Waals surface area contributed by atoms with E-state index in [1.165, 1.54) is 4.90 Å². The largest absolute Gasteiger partial charge is 0.447 e. The molecule has 0 saturated carbocycles. The molecule has 1 aromatic heterocycles. The van der Waals surface area contributed by atoms with Gasteiger partial charge in [-0.25, -0.2) is 14.2 Å². The van der Waals surface area contributed by atoms with Gasteiger partial charge in [-0.1, -0.05) is 29.3 Å². The summed E-state index contributed by atoms with van der Waals surface area (Å²) in [7, 11) is 0. The van der Waals surface area contributed by atoms with Crippen molar-refractivity contribution in [3.63, 3.8) is 0 Å². The van der Waals surface area contributed by atoms with Crippen LogP contribution in [0.4, 0.5) is 9.18 Å². The van der Waals surface area contributed by atoms with E-state index in [-0.39, 0.29) is 23.7 Å². The molecule has 0 radical (unpaired) electrons. The number of carbonyl (C=O) groups is 2. The molecule has 1 atom stereocenters. The van der Waals surface area contributed by atoms with Gasteiger partial charge in [-0.3, -0.25) is 4.79 Å².